The van der Waals surface area contributed by atoms with Crippen molar-refractivity contribution in [3.05, 3.63) is 23.1 Å². The number of furan rings is 1. The van der Waals surface area contributed by atoms with Crippen molar-refractivity contribution in [2.75, 3.05) is 6.54 Å². The molecule has 0 aromatic carbocycles. The molecule has 1 heterocycles. The van der Waals surface area contributed by atoms with Crippen LogP contribution < -0.4 is 5.73 Å². The minimum atomic E-state index is -0.743. The largest absolute Gasteiger partial charge is 0.447 e. The molecule has 56 valence electrons. The third kappa shape index (κ3) is 1.50. The molecule has 1 rings (SSSR count). The fraction of sp³-hybridized carbons (Fsp3) is 0.333. The lowest BCUT2D eigenvalue weighted by Crippen LogP contribution is -2.10. The molecule has 0 aliphatic heterocycles. The van der Waals surface area contributed by atoms with Gasteiger partial charge in [-0.2, -0.15) is 0 Å². The van der Waals surface area contributed by atoms with Gasteiger partial charge in [0.1, 0.15) is 11.9 Å². The van der Waals surface area contributed by atoms with E-state index in [2.05, 4.69) is 0 Å². The summed E-state index contributed by atoms with van der Waals surface area (Å²) in [5, 5.41) is 9.33. The lowest BCUT2D eigenvalue weighted by Gasteiger charge is -2.00. The minimum Gasteiger partial charge on any atom is -0.447 e. The highest BCUT2D eigenvalue weighted by molar-refractivity contribution is 6.28. The summed E-state index contributed by atoms with van der Waals surface area (Å²) in [6.45, 7) is 0.143. The fourth-order valence-corrected chi connectivity index (χ4v) is 0.776. The summed E-state index contributed by atoms with van der Waals surface area (Å²) in [6, 6.07) is 3.16. The molecule has 0 aliphatic carbocycles. The first-order chi connectivity index (χ1) is 4.74. The molecule has 1 aromatic rings. The molecule has 1 aromatic heterocycles. The predicted octanol–water partition coefficient (Wildman–Crippen LogP) is 0.925. The Morgan fingerprint density at radius 2 is 2.40 bits per heavy atom. The zero-order chi connectivity index (χ0) is 7.56. The molecular formula is C6H8ClNO2. The van der Waals surface area contributed by atoms with E-state index in [0.29, 0.717) is 5.76 Å². The summed E-state index contributed by atoms with van der Waals surface area (Å²) in [6.07, 6.45) is -0.743. The SMILES string of the molecule is NC[C@@H](O)c1ccc(Cl)o1. The van der Waals surface area contributed by atoms with E-state index in [9.17, 15) is 0 Å². The van der Waals surface area contributed by atoms with E-state index in [1.54, 1.807) is 12.1 Å². The number of aliphatic hydroxyl groups is 1. The second-order valence-electron chi connectivity index (χ2n) is 1.89. The van der Waals surface area contributed by atoms with Crippen LogP contribution in [0.1, 0.15) is 11.9 Å². The average Bonchev–Trinajstić information content (AvgIpc) is 2.34. The van der Waals surface area contributed by atoms with Crippen LogP contribution >= 0.6 is 11.6 Å². The maximum Gasteiger partial charge on any atom is 0.193 e. The van der Waals surface area contributed by atoms with Crippen molar-refractivity contribution >= 4 is 11.6 Å². The molecule has 0 bridgehead atoms. The van der Waals surface area contributed by atoms with Gasteiger partial charge in [0.15, 0.2) is 5.22 Å². The monoisotopic (exact) mass is 161 g/mol. The van der Waals surface area contributed by atoms with Gasteiger partial charge in [0.25, 0.3) is 0 Å². The molecule has 3 N–H and O–H groups in total. The van der Waals surface area contributed by atoms with E-state index in [1.807, 2.05) is 0 Å². The van der Waals surface area contributed by atoms with Gasteiger partial charge in [-0.15, -0.1) is 0 Å². The quantitative estimate of drug-likeness (QED) is 0.678. The molecule has 10 heavy (non-hydrogen) atoms. The van der Waals surface area contributed by atoms with Crippen LogP contribution in [0.4, 0.5) is 0 Å². The summed E-state index contributed by atoms with van der Waals surface area (Å²) in [7, 11) is 0. The van der Waals surface area contributed by atoms with Gasteiger partial charge >= 0.3 is 0 Å². The number of nitrogens with two attached hydrogens (primary N) is 1. The van der Waals surface area contributed by atoms with Crippen LogP contribution in [0.2, 0.25) is 5.22 Å². The third-order valence-corrected chi connectivity index (χ3v) is 1.35. The number of hydrogen-bond acceptors (Lipinski definition) is 3. The standard InChI is InChI=1S/C6H8ClNO2/c7-6-2-1-5(10-6)4(9)3-8/h1-2,4,9H,3,8H2/t4-/m1/s1. The molecule has 0 aliphatic rings. The van der Waals surface area contributed by atoms with E-state index in [4.69, 9.17) is 26.9 Å². The van der Waals surface area contributed by atoms with Crippen molar-refractivity contribution in [2.45, 2.75) is 6.10 Å². The van der Waals surface area contributed by atoms with Crippen molar-refractivity contribution in [3.63, 3.8) is 0 Å². The molecule has 0 amide bonds. The summed E-state index contributed by atoms with van der Waals surface area (Å²) >= 11 is 5.44. The van der Waals surface area contributed by atoms with E-state index in [1.165, 1.54) is 0 Å². The Kier molecular flexibility index (Phi) is 2.32. The normalized spacial score (nSPS) is 13.5. The molecule has 1 atom stereocenters. The third-order valence-electron chi connectivity index (χ3n) is 1.15. The van der Waals surface area contributed by atoms with E-state index < -0.39 is 6.10 Å². The van der Waals surface area contributed by atoms with Crippen molar-refractivity contribution in [3.8, 4) is 0 Å². The first-order valence-electron chi connectivity index (χ1n) is 2.87. The van der Waals surface area contributed by atoms with Gasteiger partial charge in [0, 0.05) is 6.54 Å². The predicted molar refractivity (Wildman–Crippen MR) is 37.7 cm³/mol. The van der Waals surface area contributed by atoms with Crippen molar-refractivity contribution < 1.29 is 9.52 Å². The zero-order valence-electron chi connectivity index (χ0n) is 5.25. The molecule has 0 spiro atoms. The summed E-state index contributed by atoms with van der Waals surface area (Å²) in [5.41, 5.74) is 5.16. The Balaban J connectivity index is 2.74. The number of rotatable bonds is 2. The highest BCUT2D eigenvalue weighted by Gasteiger charge is 2.08. The lowest BCUT2D eigenvalue weighted by atomic mass is 10.3. The Morgan fingerprint density at radius 1 is 1.70 bits per heavy atom. The maximum atomic E-state index is 9.07. The van der Waals surface area contributed by atoms with Gasteiger partial charge in [-0.3, -0.25) is 0 Å². The molecule has 3 nitrogen and oxygen atoms in total. The van der Waals surface area contributed by atoms with E-state index in [-0.39, 0.29) is 11.8 Å². The van der Waals surface area contributed by atoms with E-state index in [0.717, 1.165) is 0 Å². The minimum absolute atomic E-state index is 0.143. The Morgan fingerprint density at radius 3 is 2.80 bits per heavy atom. The topological polar surface area (TPSA) is 59.4 Å². The number of halogens is 1. The molecule has 0 saturated heterocycles. The van der Waals surface area contributed by atoms with Crippen molar-refractivity contribution in [1.29, 1.82) is 0 Å². The van der Waals surface area contributed by atoms with Crippen LogP contribution in [0.5, 0.6) is 0 Å². The van der Waals surface area contributed by atoms with E-state index >= 15 is 0 Å². The summed E-state index contributed by atoms with van der Waals surface area (Å²) in [4.78, 5) is 0. The summed E-state index contributed by atoms with van der Waals surface area (Å²) in [5.74, 6) is 0.410. The van der Waals surface area contributed by atoms with Crippen molar-refractivity contribution in [1.82, 2.24) is 0 Å². The first-order valence-corrected chi connectivity index (χ1v) is 3.25. The van der Waals surface area contributed by atoms with Crippen LogP contribution in [0.3, 0.4) is 0 Å². The van der Waals surface area contributed by atoms with Gasteiger partial charge in [-0.1, -0.05) is 0 Å². The number of aliphatic hydroxyl groups excluding tert-OH is 1. The number of hydrogen-bond donors (Lipinski definition) is 2. The van der Waals surface area contributed by atoms with Crippen LogP contribution in [0.15, 0.2) is 16.5 Å². The van der Waals surface area contributed by atoms with Crippen molar-refractivity contribution in [2.24, 2.45) is 5.73 Å². The molecule has 0 unspecified atom stereocenters. The first kappa shape index (κ1) is 7.60. The van der Waals surface area contributed by atoms with Crippen LogP contribution in [0.25, 0.3) is 0 Å². The Labute approximate surface area is 63.4 Å². The fourth-order valence-electron chi connectivity index (χ4n) is 0.624. The molecule has 4 heteroatoms. The van der Waals surface area contributed by atoms with Gasteiger partial charge in [0.05, 0.1) is 0 Å². The van der Waals surface area contributed by atoms with Crippen LogP contribution in [-0.4, -0.2) is 11.7 Å². The molecular weight excluding hydrogens is 154 g/mol. The lowest BCUT2D eigenvalue weighted by molar-refractivity contribution is 0.158. The van der Waals surface area contributed by atoms with Crippen LogP contribution in [0, 0.1) is 0 Å². The maximum absolute atomic E-state index is 9.07. The van der Waals surface area contributed by atoms with Gasteiger partial charge in [-0.25, -0.2) is 0 Å². The second kappa shape index (κ2) is 3.05. The van der Waals surface area contributed by atoms with Gasteiger partial charge in [-0.05, 0) is 23.7 Å². The van der Waals surface area contributed by atoms with Crippen LogP contribution in [-0.2, 0) is 0 Å². The highest BCUT2D eigenvalue weighted by atomic mass is 35.5. The molecule has 0 radical (unpaired) electrons. The average molecular weight is 162 g/mol. The van der Waals surface area contributed by atoms with Gasteiger partial charge < -0.3 is 15.3 Å². The highest BCUT2D eigenvalue weighted by Crippen LogP contribution is 2.18. The summed E-state index contributed by atoms with van der Waals surface area (Å²) < 4.78 is 4.87. The zero-order valence-corrected chi connectivity index (χ0v) is 6.01. The second-order valence-corrected chi connectivity index (χ2v) is 2.27. The molecule has 0 fully saturated rings. The Hall–Kier alpha value is -0.510. The smallest absolute Gasteiger partial charge is 0.193 e. The molecule has 0 saturated carbocycles. The van der Waals surface area contributed by atoms with Gasteiger partial charge in [0.2, 0.25) is 0 Å². The Bertz CT molecular complexity index is 211.